The number of nitrogens with one attached hydrogen (secondary N) is 1. The van der Waals surface area contributed by atoms with Crippen LogP contribution < -0.4 is 5.32 Å². The molecule has 1 saturated heterocycles. The highest BCUT2D eigenvalue weighted by Gasteiger charge is 2.28. The number of hydrogen-bond acceptors (Lipinski definition) is 4. The van der Waals surface area contributed by atoms with Crippen LogP contribution in [0.15, 0.2) is 24.3 Å². The molecule has 6 heteroatoms. The lowest BCUT2D eigenvalue weighted by atomic mass is 10.1. The van der Waals surface area contributed by atoms with Crippen LogP contribution in [0.4, 0.5) is 4.79 Å². The Labute approximate surface area is 149 Å². The average Bonchev–Trinajstić information content (AvgIpc) is 3.00. The number of methoxy groups -OCH3 is 1. The van der Waals surface area contributed by atoms with E-state index < -0.39 is 11.7 Å². The summed E-state index contributed by atoms with van der Waals surface area (Å²) in [6, 6.07) is 7.52. The van der Waals surface area contributed by atoms with Crippen LogP contribution in [-0.4, -0.2) is 49.2 Å². The van der Waals surface area contributed by atoms with Crippen molar-refractivity contribution in [3.05, 3.63) is 35.4 Å². The monoisotopic (exact) mass is 348 g/mol. The van der Waals surface area contributed by atoms with Crippen LogP contribution in [0.3, 0.4) is 0 Å². The Morgan fingerprint density at radius 2 is 2.00 bits per heavy atom. The minimum absolute atomic E-state index is 0.0208. The predicted molar refractivity (Wildman–Crippen MR) is 95.4 cm³/mol. The second kappa shape index (κ2) is 8.34. The van der Waals surface area contributed by atoms with E-state index in [-0.39, 0.29) is 11.8 Å². The summed E-state index contributed by atoms with van der Waals surface area (Å²) in [6.07, 6.45) is 0.455. The van der Waals surface area contributed by atoms with Crippen LogP contribution in [0.1, 0.15) is 43.1 Å². The molecule has 1 N–H and O–H groups in total. The van der Waals surface area contributed by atoms with Gasteiger partial charge in [-0.25, -0.2) is 4.79 Å². The summed E-state index contributed by atoms with van der Waals surface area (Å²) < 4.78 is 10.4. The summed E-state index contributed by atoms with van der Waals surface area (Å²) in [5.74, 6) is 0.262. The smallest absolute Gasteiger partial charge is 0.407 e. The van der Waals surface area contributed by atoms with Gasteiger partial charge in [0, 0.05) is 32.3 Å². The van der Waals surface area contributed by atoms with E-state index in [1.807, 2.05) is 49.9 Å². The summed E-state index contributed by atoms with van der Waals surface area (Å²) in [4.78, 5) is 26.4. The largest absolute Gasteiger partial charge is 0.444 e. The van der Waals surface area contributed by atoms with E-state index in [0.717, 1.165) is 12.0 Å². The molecule has 0 aliphatic carbocycles. The van der Waals surface area contributed by atoms with Crippen LogP contribution in [0.2, 0.25) is 0 Å². The molecule has 1 aromatic rings. The minimum Gasteiger partial charge on any atom is -0.444 e. The number of likely N-dealkylation sites (tertiary alicyclic amines) is 1. The number of hydrogen-bond donors (Lipinski definition) is 1. The van der Waals surface area contributed by atoms with Crippen LogP contribution in [0.25, 0.3) is 0 Å². The van der Waals surface area contributed by atoms with Crippen molar-refractivity contribution < 1.29 is 19.1 Å². The third kappa shape index (κ3) is 5.74. The lowest BCUT2D eigenvalue weighted by Gasteiger charge is -2.21. The van der Waals surface area contributed by atoms with Crippen LogP contribution in [-0.2, 0) is 16.1 Å². The number of alkyl carbamates (subject to hydrolysis) is 1. The van der Waals surface area contributed by atoms with Gasteiger partial charge in [0.2, 0.25) is 0 Å². The molecule has 25 heavy (non-hydrogen) atoms. The third-order valence-corrected chi connectivity index (χ3v) is 4.05. The Morgan fingerprint density at radius 3 is 2.68 bits per heavy atom. The number of benzene rings is 1. The van der Waals surface area contributed by atoms with E-state index >= 15 is 0 Å². The first-order chi connectivity index (χ1) is 11.8. The maximum absolute atomic E-state index is 12.8. The SMILES string of the molecule is COCc1ccccc1C(=O)N1CC[C@@H](CNC(=O)OC(C)(C)C)C1. The Kier molecular flexibility index (Phi) is 6.42. The molecule has 138 valence electrons. The van der Waals surface area contributed by atoms with Gasteiger partial charge in [-0.1, -0.05) is 18.2 Å². The van der Waals surface area contributed by atoms with Crippen molar-refractivity contribution in [1.82, 2.24) is 10.2 Å². The molecule has 0 bridgehead atoms. The molecule has 0 saturated carbocycles. The summed E-state index contributed by atoms with van der Waals surface area (Å²) in [5, 5.41) is 2.79. The molecule has 1 aliphatic heterocycles. The molecule has 2 rings (SSSR count). The van der Waals surface area contributed by atoms with Crippen molar-refractivity contribution in [1.29, 1.82) is 0 Å². The highest BCUT2D eigenvalue weighted by Crippen LogP contribution is 2.20. The molecule has 1 aliphatic rings. The zero-order valence-electron chi connectivity index (χ0n) is 15.5. The van der Waals surface area contributed by atoms with Gasteiger partial charge in [-0.15, -0.1) is 0 Å². The van der Waals surface area contributed by atoms with E-state index in [1.165, 1.54) is 0 Å². The quantitative estimate of drug-likeness (QED) is 0.888. The maximum Gasteiger partial charge on any atom is 0.407 e. The number of ether oxygens (including phenoxy) is 2. The topological polar surface area (TPSA) is 67.9 Å². The lowest BCUT2D eigenvalue weighted by molar-refractivity contribution is 0.0520. The Morgan fingerprint density at radius 1 is 1.28 bits per heavy atom. The van der Waals surface area contributed by atoms with Gasteiger partial charge in [0.05, 0.1) is 6.61 Å². The molecule has 0 aromatic heterocycles. The fourth-order valence-corrected chi connectivity index (χ4v) is 2.91. The van der Waals surface area contributed by atoms with Crippen molar-refractivity contribution in [2.75, 3.05) is 26.7 Å². The molecule has 0 spiro atoms. The summed E-state index contributed by atoms with van der Waals surface area (Å²) in [5.41, 5.74) is 1.07. The first kappa shape index (κ1) is 19.2. The molecule has 1 heterocycles. The number of amides is 2. The molecule has 1 fully saturated rings. The first-order valence-corrected chi connectivity index (χ1v) is 8.63. The fourth-order valence-electron chi connectivity index (χ4n) is 2.91. The molecule has 1 aromatic carbocycles. The van der Waals surface area contributed by atoms with Gasteiger partial charge < -0.3 is 19.7 Å². The Balaban J connectivity index is 1.88. The number of carbonyl (C=O) groups excluding carboxylic acids is 2. The second-order valence-corrected chi connectivity index (χ2v) is 7.38. The van der Waals surface area contributed by atoms with E-state index in [4.69, 9.17) is 9.47 Å². The Hall–Kier alpha value is -2.08. The van der Waals surface area contributed by atoms with Gasteiger partial charge in [0.15, 0.2) is 0 Å². The van der Waals surface area contributed by atoms with Crippen molar-refractivity contribution in [3.8, 4) is 0 Å². The summed E-state index contributed by atoms with van der Waals surface area (Å²) in [7, 11) is 1.62. The molecular formula is C19H28N2O4. The lowest BCUT2D eigenvalue weighted by Crippen LogP contribution is -2.36. The van der Waals surface area contributed by atoms with Crippen molar-refractivity contribution in [2.45, 2.75) is 39.4 Å². The number of nitrogens with zero attached hydrogens (tertiary/aromatic N) is 1. The zero-order chi connectivity index (χ0) is 18.4. The van der Waals surface area contributed by atoms with Gasteiger partial charge in [-0.05, 0) is 44.7 Å². The third-order valence-electron chi connectivity index (χ3n) is 4.05. The van der Waals surface area contributed by atoms with Crippen LogP contribution in [0.5, 0.6) is 0 Å². The molecule has 0 radical (unpaired) electrons. The van der Waals surface area contributed by atoms with Crippen molar-refractivity contribution in [2.24, 2.45) is 5.92 Å². The van der Waals surface area contributed by atoms with Crippen LogP contribution in [0, 0.1) is 5.92 Å². The number of carbonyl (C=O) groups is 2. The summed E-state index contributed by atoms with van der Waals surface area (Å²) >= 11 is 0. The average molecular weight is 348 g/mol. The molecule has 2 amide bonds. The van der Waals surface area contributed by atoms with Gasteiger partial charge in [0.1, 0.15) is 5.60 Å². The van der Waals surface area contributed by atoms with Gasteiger partial charge >= 0.3 is 6.09 Å². The molecule has 1 atom stereocenters. The highest BCUT2D eigenvalue weighted by atomic mass is 16.6. The highest BCUT2D eigenvalue weighted by molar-refractivity contribution is 5.95. The van der Waals surface area contributed by atoms with Crippen LogP contribution >= 0.6 is 0 Å². The van der Waals surface area contributed by atoms with Crippen molar-refractivity contribution in [3.63, 3.8) is 0 Å². The van der Waals surface area contributed by atoms with Gasteiger partial charge in [-0.2, -0.15) is 0 Å². The molecule has 6 nitrogen and oxygen atoms in total. The second-order valence-electron chi connectivity index (χ2n) is 7.38. The standard InChI is InChI=1S/C19H28N2O4/c1-19(2,3)25-18(23)20-11-14-9-10-21(12-14)17(22)16-8-6-5-7-15(16)13-24-4/h5-8,14H,9-13H2,1-4H3,(H,20,23)/t14-/m0/s1. The Bertz CT molecular complexity index is 610. The minimum atomic E-state index is -0.507. The van der Waals surface area contributed by atoms with E-state index in [0.29, 0.717) is 31.8 Å². The molecular weight excluding hydrogens is 320 g/mol. The normalized spacial score (nSPS) is 17.4. The predicted octanol–water partition coefficient (Wildman–Crippen LogP) is 2.82. The fraction of sp³-hybridized carbons (Fsp3) is 0.579. The van der Waals surface area contributed by atoms with E-state index in [9.17, 15) is 9.59 Å². The van der Waals surface area contributed by atoms with Gasteiger partial charge in [-0.3, -0.25) is 4.79 Å². The first-order valence-electron chi connectivity index (χ1n) is 8.63. The van der Waals surface area contributed by atoms with Gasteiger partial charge in [0.25, 0.3) is 5.91 Å². The molecule has 0 unspecified atom stereocenters. The van der Waals surface area contributed by atoms with E-state index in [1.54, 1.807) is 7.11 Å². The zero-order valence-corrected chi connectivity index (χ0v) is 15.5. The number of rotatable bonds is 5. The van der Waals surface area contributed by atoms with E-state index in [2.05, 4.69) is 5.32 Å². The van der Waals surface area contributed by atoms with Crippen molar-refractivity contribution >= 4 is 12.0 Å². The summed E-state index contributed by atoms with van der Waals surface area (Å²) in [6.45, 7) is 7.76. The maximum atomic E-state index is 12.8.